The Bertz CT molecular complexity index is 949. The van der Waals surface area contributed by atoms with Crippen LogP contribution in [-0.2, 0) is 4.74 Å². The van der Waals surface area contributed by atoms with Gasteiger partial charge in [-0.05, 0) is 73.8 Å². The Balaban J connectivity index is 1.47. The number of hydrogen-bond donors (Lipinski definition) is 0. The first kappa shape index (κ1) is 19.3. The van der Waals surface area contributed by atoms with Crippen molar-refractivity contribution >= 4 is 33.0 Å². The second-order valence-electron chi connectivity index (χ2n) is 8.57. The van der Waals surface area contributed by atoms with Crippen molar-refractivity contribution in [3.05, 3.63) is 39.2 Å². The maximum Gasteiger partial charge on any atom is 0.410 e. The van der Waals surface area contributed by atoms with E-state index in [1.165, 1.54) is 0 Å². The third-order valence-electron chi connectivity index (χ3n) is 5.26. The SMILES string of the molecule is CC(C)(C)OC(=O)N1[C@@H]2CC[C@H]1C[C@H](Oc1ccc3oc(=O)c(Br)cc3c1)C2. The van der Waals surface area contributed by atoms with E-state index in [2.05, 4.69) is 15.9 Å². The van der Waals surface area contributed by atoms with Gasteiger partial charge in [-0.1, -0.05) is 0 Å². The van der Waals surface area contributed by atoms with Gasteiger partial charge in [0, 0.05) is 30.3 Å². The van der Waals surface area contributed by atoms with Crippen molar-refractivity contribution < 1.29 is 18.7 Å². The van der Waals surface area contributed by atoms with E-state index in [0.717, 1.165) is 36.8 Å². The van der Waals surface area contributed by atoms with Crippen molar-refractivity contribution in [2.75, 3.05) is 0 Å². The van der Waals surface area contributed by atoms with Gasteiger partial charge in [-0.15, -0.1) is 0 Å². The smallest absolute Gasteiger partial charge is 0.410 e. The van der Waals surface area contributed by atoms with Gasteiger partial charge in [-0.25, -0.2) is 9.59 Å². The highest BCUT2D eigenvalue weighted by Crippen LogP contribution is 2.38. The fraction of sp³-hybridized carbons (Fsp3) is 0.524. The lowest BCUT2D eigenvalue weighted by Crippen LogP contribution is -2.50. The Morgan fingerprint density at radius 2 is 1.86 bits per heavy atom. The second kappa shape index (κ2) is 7.10. The molecule has 1 amide bonds. The number of hydrogen-bond acceptors (Lipinski definition) is 5. The summed E-state index contributed by atoms with van der Waals surface area (Å²) in [5.41, 5.74) is -0.356. The van der Waals surface area contributed by atoms with E-state index in [1.807, 2.05) is 37.8 Å². The van der Waals surface area contributed by atoms with Crippen molar-refractivity contribution in [1.29, 1.82) is 0 Å². The maximum atomic E-state index is 12.6. The highest BCUT2D eigenvalue weighted by atomic mass is 79.9. The van der Waals surface area contributed by atoms with Gasteiger partial charge in [0.1, 0.15) is 27.5 Å². The zero-order valence-corrected chi connectivity index (χ0v) is 17.8. The van der Waals surface area contributed by atoms with Crippen LogP contribution in [0, 0.1) is 0 Å². The molecule has 2 aromatic rings. The summed E-state index contributed by atoms with van der Waals surface area (Å²) in [6, 6.07) is 7.51. The Hall–Kier alpha value is -2.02. The van der Waals surface area contributed by atoms with Gasteiger partial charge in [0.2, 0.25) is 0 Å². The minimum absolute atomic E-state index is 0.0489. The molecule has 1 aromatic carbocycles. The number of carbonyl (C=O) groups is 1. The van der Waals surface area contributed by atoms with Crippen LogP contribution in [0.2, 0.25) is 0 Å². The van der Waals surface area contributed by atoms with Crippen LogP contribution in [-0.4, -0.2) is 34.8 Å². The van der Waals surface area contributed by atoms with Gasteiger partial charge in [-0.2, -0.15) is 0 Å². The first-order valence-electron chi connectivity index (χ1n) is 9.61. The highest BCUT2D eigenvalue weighted by Gasteiger charge is 2.45. The Kier molecular flexibility index (Phi) is 4.89. The minimum atomic E-state index is -0.488. The van der Waals surface area contributed by atoms with Crippen LogP contribution >= 0.6 is 15.9 Å². The maximum absolute atomic E-state index is 12.6. The molecule has 3 heterocycles. The zero-order valence-electron chi connectivity index (χ0n) is 16.2. The lowest BCUT2D eigenvalue weighted by molar-refractivity contribution is -0.00705. The summed E-state index contributed by atoms with van der Waals surface area (Å²) < 4.78 is 17.5. The van der Waals surface area contributed by atoms with E-state index in [4.69, 9.17) is 13.9 Å². The van der Waals surface area contributed by atoms with E-state index in [-0.39, 0.29) is 24.3 Å². The summed E-state index contributed by atoms with van der Waals surface area (Å²) in [6.07, 6.45) is 3.39. The molecule has 2 aliphatic rings. The number of fused-ring (bicyclic) bond motifs is 3. The van der Waals surface area contributed by atoms with Crippen LogP contribution in [0.3, 0.4) is 0 Å². The molecular weight excluding hydrogens is 426 g/mol. The predicted octanol–water partition coefficient (Wildman–Crippen LogP) is 4.86. The lowest BCUT2D eigenvalue weighted by atomic mass is 10.00. The number of carbonyl (C=O) groups excluding carboxylic acids is 1. The number of rotatable bonds is 2. The van der Waals surface area contributed by atoms with Gasteiger partial charge in [-0.3, -0.25) is 0 Å². The highest BCUT2D eigenvalue weighted by molar-refractivity contribution is 9.10. The van der Waals surface area contributed by atoms with E-state index in [0.29, 0.717) is 10.1 Å². The normalized spacial score (nSPS) is 24.4. The lowest BCUT2D eigenvalue weighted by Gasteiger charge is -2.39. The molecule has 2 fully saturated rings. The average molecular weight is 450 g/mol. The fourth-order valence-corrected chi connectivity index (χ4v) is 4.51. The predicted molar refractivity (Wildman–Crippen MR) is 109 cm³/mol. The summed E-state index contributed by atoms with van der Waals surface area (Å²) in [4.78, 5) is 26.1. The number of benzene rings is 1. The molecule has 0 aliphatic carbocycles. The first-order valence-corrected chi connectivity index (χ1v) is 10.4. The van der Waals surface area contributed by atoms with Gasteiger partial charge in [0.25, 0.3) is 0 Å². The number of ether oxygens (including phenoxy) is 2. The number of halogens is 1. The van der Waals surface area contributed by atoms with Gasteiger partial charge in [0.05, 0.1) is 0 Å². The quantitative estimate of drug-likeness (QED) is 0.611. The molecular formula is C21H24BrNO5. The fourth-order valence-electron chi connectivity index (χ4n) is 4.18. The molecule has 0 spiro atoms. The van der Waals surface area contributed by atoms with Crippen molar-refractivity contribution in [3.8, 4) is 5.75 Å². The number of nitrogens with zero attached hydrogens (tertiary/aromatic N) is 1. The zero-order chi connectivity index (χ0) is 20.1. The summed E-state index contributed by atoms with van der Waals surface area (Å²) in [7, 11) is 0. The summed E-state index contributed by atoms with van der Waals surface area (Å²) in [5, 5.41) is 0.804. The molecule has 0 unspecified atom stereocenters. The molecule has 7 heteroatoms. The summed E-state index contributed by atoms with van der Waals surface area (Å²) in [6.45, 7) is 5.68. The van der Waals surface area contributed by atoms with E-state index >= 15 is 0 Å². The number of amides is 1. The van der Waals surface area contributed by atoms with Gasteiger partial charge >= 0.3 is 11.7 Å². The Morgan fingerprint density at radius 1 is 1.18 bits per heavy atom. The molecule has 150 valence electrons. The largest absolute Gasteiger partial charge is 0.490 e. The standard InChI is InChI=1S/C21H24BrNO5/c1-21(2,3)28-20(25)23-13-4-5-14(23)11-16(10-13)26-15-6-7-18-12(8-15)9-17(22)19(24)27-18/h6-9,13-14,16H,4-5,10-11H2,1-3H3/t13-,14+,16-. The summed E-state index contributed by atoms with van der Waals surface area (Å²) in [5.74, 6) is 0.739. The topological polar surface area (TPSA) is 69.0 Å². The van der Waals surface area contributed by atoms with Crippen molar-refractivity contribution in [2.45, 2.75) is 70.2 Å². The van der Waals surface area contributed by atoms with Crippen LogP contribution in [0.25, 0.3) is 11.0 Å². The molecule has 6 nitrogen and oxygen atoms in total. The molecule has 2 saturated heterocycles. The van der Waals surface area contributed by atoms with E-state index in [1.54, 1.807) is 12.1 Å². The van der Waals surface area contributed by atoms with Crippen LogP contribution in [0.4, 0.5) is 4.79 Å². The van der Waals surface area contributed by atoms with Crippen molar-refractivity contribution in [3.63, 3.8) is 0 Å². The molecule has 0 radical (unpaired) electrons. The van der Waals surface area contributed by atoms with Gasteiger partial charge in [0.15, 0.2) is 0 Å². The van der Waals surface area contributed by atoms with Crippen molar-refractivity contribution in [1.82, 2.24) is 4.90 Å². The third kappa shape index (κ3) is 3.90. The molecule has 2 aliphatic heterocycles. The second-order valence-corrected chi connectivity index (χ2v) is 9.42. The Morgan fingerprint density at radius 3 is 2.50 bits per heavy atom. The van der Waals surface area contributed by atoms with Crippen LogP contribution in [0.5, 0.6) is 5.75 Å². The molecule has 3 atom stereocenters. The molecule has 1 aromatic heterocycles. The molecule has 0 N–H and O–H groups in total. The van der Waals surface area contributed by atoms with E-state index in [9.17, 15) is 9.59 Å². The third-order valence-corrected chi connectivity index (χ3v) is 5.81. The minimum Gasteiger partial charge on any atom is -0.490 e. The van der Waals surface area contributed by atoms with Crippen LogP contribution in [0.15, 0.2) is 37.9 Å². The molecule has 2 bridgehead atoms. The van der Waals surface area contributed by atoms with Gasteiger partial charge < -0.3 is 18.8 Å². The number of piperidine rings is 1. The Labute approximate surface area is 171 Å². The van der Waals surface area contributed by atoms with Crippen LogP contribution < -0.4 is 10.4 Å². The molecule has 28 heavy (non-hydrogen) atoms. The molecule has 4 rings (SSSR count). The van der Waals surface area contributed by atoms with Crippen molar-refractivity contribution in [2.24, 2.45) is 0 Å². The average Bonchev–Trinajstić information content (AvgIpc) is 2.86. The summed E-state index contributed by atoms with van der Waals surface area (Å²) >= 11 is 3.21. The van der Waals surface area contributed by atoms with Crippen LogP contribution in [0.1, 0.15) is 46.5 Å². The van der Waals surface area contributed by atoms with E-state index < -0.39 is 11.2 Å². The molecule has 0 saturated carbocycles. The monoisotopic (exact) mass is 449 g/mol. The first-order chi connectivity index (χ1) is 13.2.